The lowest BCUT2D eigenvalue weighted by molar-refractivity contribution is -0.116. The number of carbonyl (C=O) groups excluding carboxylic acids is 1. The van der Waals surface area contributed by atoms with Gasteiger partial charge in [0.25, 0.3) is 5.56 Å². The lowest BCUT2D eigenvalue weighted by Gasteiger charge is -2.30. The Morgan fingerprint density at radius 1 is 1.16 bits per heavy atom. The average Bonchev–Trinajstić information content (AvgIpc) is 3.24. The van der Waals surface area contributed by atoms with Gasteiger partial charge in [-0.25, -0.2) is 4.98 Å². The molecule has 2 aromatic carbocycles. The summed E-state index contributed by atoms with van der Waals surface area (Å²) in [5.41, 5.74) is 4.50. The molecule has 5 rings (SSSR count). The number of nitrogens with zero attached hydrogens (tertiary/aromatic N) is 3. The van der Waals surface area contributed by atoms with Gasteiger partial charge in [0.05, 0.1) is 28.6 Å². The predicted molar refractivity (Wildman–Crippen MR) is 125 cm³/mol. The summed E-state index contributed by atoms with van der Waals surface area (Å²) in [7, 11) is 0. The van der Waals surface area contributed by atoms with Crippen LogP contribution in [0.3, 0.4) is 0 Å². The van der Waals surface area contributed by atoms with Gasteiger partial charge in [-0.3, -0.25) is 14.2 Å². The fourth-order valence-corrected chi connectivity index (χ4v) is 4.99. The van der Waals surface area contributed by atoms with E-state index < -0.39 is 0 Å². The van der Waals surface area contributed by atoms with Crippen molar-refractivity contribution < 1.29 is 4.79 Å². The van der Waals surface area contributed by atoms with Gasteiger partial charge in [-0.1, -0.05) is 24.3 Å². The molecule has 2 aromatic heterocycles. The molecule has 0 radical (unpaired) electrons. The van der Waals surface area contributed by atoms with Crippen molar-refractivity contribution in [2.75, 3.05) is 16.8 Å². The summed E-state index contributed by atoms with van der Waals surface area (Å²) < 4.78 is 1.36. The Hall–Kier alpha value is -3.45. The number of amides is 1. The average molecular weight is 431 g/mol. The van der Waals surface area contributed by atoms with Crippen molar-refractivity contribution in [3.05, 3.63) is 86.6 Å². The zero-order valence-corrected chi connectivity index (χ0v) is 18.0. The molecule has 0 saturated heterocycles. The van der Waals surface area contributed by atoms with E-state index in [0.29, 0.717) is 10.9 Å². The van der Waals surface area contributed by atoms with Crippen LogP contribution in [0, 0.1) is 6.92 Å². The Bertz CT molecular complexity index is 1340. The molecule has 0 unspecified atom stereocenters. The number of hydrogen-bond acceptors (Lipinski definition) is 5. The normalized spacial score (nSPS) is 13.3. The summed E-state index contributed by atoms with van der Waals surface area (Å²) in [5, 5.41) is 5.66. The van der Waals surface area contributed by atoms with Crippen molar-refractivity contribution >= 4 is 39.5 Å². The van der Waals surface area contributed by atoms with Crippen molar-refractivity contribution in [1.82, 2.24) is 9.55 Å². The summed E-state index contributed by atoms with van der Waals surface area (Å²) in [5.74, 6) is -0.253. The van der Waals surface area contributed by atoms with Crippen molar-refractivity contribution in [1.29, 1.82) is 0 Å². The number of hydrogen-bond donors (Lipinski definition) is 1. The summed E-state index contributed by atoms with van der Waals surface area (Å²) in [6, 6.07) is 15.5. The predicted octanol–water partition coefficient (Wildman–Crippen LogP) is 3.97. The van der Waals surface area contributed by atoms with Crippen LogP contribution in [0.4, 0.5) is 11.4 Å². The molecule has 31 heavy (non-hydrogen) atoms. The molecule has 0 fully saturated rings. The van der Waals surface area contributed by atoms with E-state index in [4.69, 9.17) is 0 Å². The van der Waals surface area contributed by atoms with E-state index in [1.165, 1.54) is 21.3 Å². The smallest absolute Gasteiger partial charge is 0.261 e. The molecular formula is C24H22N4O2S. The molecular weight excluding hydrogens is 408 g/mol. The third kappa shape index (κ3) is 3.72. The summed E-state index contributed by atoms with van der Waals surface area (Å²) >= 11 is 1.81. The van der Waals surface area contributed by atoms with Crippen molar-refractivity contribution in [3.63, 3.8) is 0 Å². The fourth-order valence-electron chi connectivity index (χ4n) is 4.10. The van der Waals surface area contributed by atoms with Crippen LogP contribution in [-0.2, 0) is 24.3 Å². The molecule has 6 nitrogen and oxygen atoms in total. The van der Waals surface area contributed by atoms with E-state index in [0.717, 1.165) is 36.4 Å². The molecule has 156 valence electrons. The minimum absolute atomic E-state index is 0.0846. The van der Waals surface area contributed by atoms with E-state index in [1.807, 2.05) is 43.3 Å². The van der Waals surface area contributed by atoms with E-state index >= 15 is 0 Å². The minimum atomic E-state index is -0.253. The molecule has 7 heteroatoms. The maximum atomic E-state index is 12.8. The van der Waals surface area contributed by atoms with Gasteiger partial charge in [0, 0.05) is 18.0 Å². The highest BCUT2D eigenvalue weighted by Gasteiger charge is 2.20. The van der Waals surface area contributed by atoms with Crippen LogP contribution >= 0.6 is 11.3 Å². The standard InChI is InChI=1S/C24H22N4O2S/c1-16-5-4-6-18-23(16)25-15-28(24(18)30)14-22(29)26-19-7-2-3-8-20(19)27-11-9-21-17(13-27)10-12-31-21/h2-8,10,12,15H,9,11,13-14H2,1H3,(H,26,29). The first kappa shape index (κ1) is 19.5. The SMILES string of the molecule is Cc1cccc2c(=O)n(CC(=O)Nc3ccccc3N3CCc4sccc4C3)cnc12. The Balaban J connectivity index is 1.37. The van der Waals surface area contributed by atoms with Crippen LogP contribution in [-0.4, -0.2) is 22.0 Å². The Morgan fingerprint density at radius 2 is 2.03 bits per heavy atom. The maximum Gasteiger partial charge on any atom is 0.261 e. The van der Waals surface area contributed by atoms with Crippen LogP contribution in [0.2, 0.25) is 0 Å². The summed E-state index contributed by atoms with van der Waals surface area (Å²) in [4.78, 5) is 33.7. The van der Waals surface area contributed by atoms with Gasteiger partial charge in [0.2, 0.25) is 5.91 Å². The first-order valence-corrected chi connectivity index (χ1v) is 11.1. The molecule has 0 atom stereocenters. The molecule has 1 amide bonds. The molecule has 1 N–H and O–H groups in total. The third-order valence-corrected chi connectivity index (χ3v) is 6.72. The Labute approximate surface area is 183 Å². The number of aromatic nitrogens is 2. The van der Waals surface area contributed by atoms with Gasteiger partial charge in [0.1, 0.15) is 6.54 Å². The van der Waals surface area contributed by atoms with Gasteiger partial charge in [-0.05, 0) is 54.1 Å². The van der Waals surface area contributed by atoms with Crippen LogP contribution in [0.25, 0.3) is 10.9 Å². The zero-order valence-electron chi connectivity index (χ0n) is 17.2. The first-order valence-electron chi connectivity index (χ1n) is 10.2. The second-order valence-corrected chi connectivity index (χ2v) is 8.76. The quantitative estimate of drug-likeness (QED) is 0.532. The van der Waals surface area contributed by atoms with Crippen molar-refractivity contribution in [2.45, 2.75) is 26.4 Å². The molecule has 0 spiro atoms. The molecule has 4 aromatic rings. The first-order chi connectivity index (χ1) is 15.1. The second kappa shape index (κ2) is 8.00. The van der Waals surface area contributed by atoms with Crippen molar-refractivity contribution in [3.8, 4) is 0 Å². The minimum Gasteiger partial charge on any atom is -0.365 e. The molecule has 3 heterocycles. The molecule has 0 saturated carbocycles. The molecule has 0 bridgehead atoms. The summed E-state index contributed by atoms with van der Waals surface area (Å²) in [6.07, 6.45) is 2.46. The van der Waals surface area contributed by atoms with Crippen LogP contribution < -0.4 is 15.8 Å². The van der Waals surface area contributed by atoms with Crippen LogP contribution in [0.5, 0.6) is 0 Å². The van der Waals surface area contributed by atoms with Gasteiger partial charge in [0.15, 0.2) is 0 Å². The highest BCUT2D eigenvalue weighted by molar-refractivity contribution is 7.10. The number of anilines is 2. The maximum absolute atomic E-state index is 12.8. The lowest BCUT2D eigenvalue weighted by atomic mass is 10.1. The van der Waals surface area contributed by atoms with E-state index in [-0.39, 0.29) is 18.0 Å². The number of fused-ring (bicyclic) bond motifs is 2. The Morgan fingerprint density at radius 3 is 2.94 bits per heavy atom. The van der Waals surface area contributed by atoms with Crippen LogP contribution in [0.1, 0.15) is 16.0 Å². The van der Waals surface area contributed by atoms with Gasteiger partial charge < -0.3 is 10.2 Å². The number of benzene rings is 2. The van der Waals surface area contributed by atoms with Crippen molar-refractivity contribution in [2.24, 2.45) is 0 Å². The number of rotatable bonds is 4. The number of para-hydroxylation sites is 3. The van der Waals surface area contributed by atoms with E-state index in [1.54, 1.807) is 17.4 Å². The number of aryl methyl sites for hydroxylation is 1. The number of thiophene rings is 1. The highest BCUT2D eigenvalue weighted by atomic mass is 32.1. The second-order valence-electron chi connectivity index (χ2n) is 7.75. The van der Waals surface area contributed by atoms with Gasteiger partial charge >= 0.3 is 0 Å². The highest BCUT2D eigenvalue weighted by Crippen LogP contribution is 2.32. The largest absolute Gasteiger partial charge is 0.365 e. The number of nitrogens with one attached hydrogen (secondary N) is 1. The molecule has 0 aliphatic carbocycles. The molecule has 1 aliphatic heterocycles. The van der Waals surface area contributed by atoms with E-state index in [9.17, 15) is 9.59 Å². The molecule has 1 aliphatic rings. The topological polar surface area (TPSA) is 67.2 Å². The Kier molecular flexibility index (Phi) is 5.03. The number of carbonyl (C=O) groups is 1. The summed E-state index contributed by atoms with van der Waals surface area (Å²) in [6.45, 7) is 3.58. The third-order valence-electron chi connectivity index (χ3n) is 5.70. The van der Waals surface area contributed by atoms with Crippen LogP contribution in [0.15, 0.2) is 65.0 Å². The monoisotopic (exact) mass is 430 g/mol. The van der Waals surface area contributed by atoms with E-state index in [2.05, 4.69) is 26.6 Å². The zero-order chi connectivity index (χ0) is 21.4. The fraction of sp³-hybridized carbons (Fsp3) is 0.208. The van der Waals surface area contributed by atoms with Gasteiger partial charge in [-0.2, -0.15) is 0 Å². The van der Waals surface area contributed by atoms with Gasteiger partial charge in [-0.15, -0.1) is 11.3 Å². The lowest BCUT2D eigenvalue weighted by Crippen LogP contribution is -2.31.